The average molecular weight is 1250 g/mol. The number of furan rings is 4. The lowest BCUT2D eigenvalue weighted by atomic mass is 9.91. The summed E-state index contributed by atoms with van der Waals surface area (Å²) in [7, 11) is 0. The highest BCUT2D eigenvalue weighted by atomic mass is 16.3. The fourth-order valence-corrected chi connectivity index (χ4v) is 15.3. The predicted molar refractivity (Wildman–Crippen MR) is 407 cm³/mol. The van der Waals surface area contributed by atoms with E-state index in [1.54, 1.807) is 0 Å². The highest BCUT2D eigenvalue weighted by molar-refractivity contribution is 6.32. The van der Waals surface area contributed by atoms with Crippen LogP contribution in [0.3, 0.4) is 0 Å². The van der Waals surface area contributed by atoms with E-state index in [0.29, 0.717) is 0 Å². The molecule has 4 aromatic heterocycles. The van der Waals surface area contributed by atoms with Gasteiger partial charge in [-0.1, -0.05) is 206 Å². The third-order valence-electron chi connectivity index (χ3n) is 19.9. The highest BCUT2D eigenvalue weighted by Crippen LogP contribution is 2.50. The number of anilines is 6. The molecule has 98 heavy (non-hydrogen) atoms. The second-order valence-corrected chi connectivity index (χ2v) is 25.4. The molecule has 0 unspecified atom stereocenters. The van der Waals surface area contributed by atoms with Crippen LogP contribution in [-0.2, 0) is 0 Å². The minimum absolute atomic E-state index is 0.808. The molecule has 0 spiro atoms. The Kier molecular flexibility index (Phi) is 12.6. The van der Waals surface area contributed by atoms with Crippen LogP contribution in [0.5, 0.6) is 0 Å². The molecule has 6 heteroatoms. The van der Waals surface area contributed by atoms with Crippen LogP contribution in [0, 0.1) is 0 Å². The maximum absolute atomic E-state index is 7.07. The average Bonchev–Trinajstić information content (AvgIpc) is 1.53. The predicted octanol–water partition coefficient (Wildman–Crippen LogP) is 26.9. The Labute approximate surface area is 562 Å². The first-order chi connectivity index (χ1) is 48.6. The SMILES string of the molecule is c1ccc(-c2ccc(N(c3cccc(-c4ccc(-c5cc6oc7ccc(N(c8ccc(-c9ccccc9)cc8)c8ccccc8-c8ccccc8)cc7c6c6ccc7oc8ccccc8c7c56)cc4)c3)c3ccc4oc5ccc6c(ccc7oc8ccccc8c76)c5c4c3)cc2)cc1. The van der Waals surface area contributed by atoms with E-state index < -0.39 is 0 Å². The van der Waals surface area contributed by atoms with Crippen molar-refractivity contribution in [3.8, 4) is 55.6 Å². The van der Waals surface area contributed by atoms with E-state index in [-0.39, 0.29) is 0 Å². The van der Waals surface area contributed by atoms with Crippen LogP contribution in [0.2, 0.25) is 0 Å². The summed E-state index contributed by atoms with van der Waals surface area (Å²) in [4.78, 5) is 4.75. The number of fused-ring (bicyclic) bond motifs is 18. The molecule has 0 N–H and O–H groups in total. The molecular weight excluding hydrogens is 1200 g/mol. The Morgan fingerprint density at radius 2 is 0.541 bits per heavy atom. The summed E-state index contributed by atoms with van der Waals surface area (Å²) >= 11 is 0. The molecule has 20 rings (SSSR count). The van der Waals surface area contributed by atoms with Crippen molar-refractivity contribution in [1.29, 1.82) is 0 Å². The first-order valence-electron chi connectivity index (χ1n) is 33.3. The van der Waals surface area contributed by atoms with Gasteiger partial charge in [-0.25, -0.2) is 0 Å². The molecule has 0 fully saturated rings. The minimum atomic E-state index is 0.808. The van der Waals surface area contributed by atoms with Crippen molar-refractivity contribution < 1.29 is 17.7 Å². The lowest BCUT2D eigenvalue weighted by molar-refractivity contribution is 0.668. The van der Waals surface area contributed by atoms with Crippen LogP contribution in [0.1, 0.15) is 0 Å². The largest absolute Gasteiger partial charge is 0.456 e. The second-order valence-electron chi connectivity index (χ2n) is 25.4. The Balaban J connectivity index is 0.719. The van der Waals surface area contributed by atoms with Gasteiger partial charge in [0.05, 0.1) is 5.69 Å². The summed E-state index contributed by atoms with van der Waals surface area (Å²) in [6.07, 6.45) is 0. The van der Waals surface area contributed by atoms with Crippen LogP contribution in [0.25, 0.3) is 165 Å². The Morgan fingerprint density at radius 1 is 0.163 bits per heavy atom. The molecule has 458 valence electrons. The first-order valence-corrected chi connectivity index (χ1v) is 33.3. The van der Waals surface area contributed by atoms with Gasteiger partial charge in [-0.05, 0) is 200 Å². The third-order valence-corrected chi connectivity index (χ3v) is 19.9. The summed E-state index contributed by atoms with van der Waals surface area (Å²) < 4.78 is 26.8. The van der Waals surface area contributed by atoms with Crippen molar-refractivity contribution in [2.45, 2.75) is 0 Å². The maximum atomic E-state index is 7.07. The number of rotatable bonds is 11. The fourth-order valence-electron chi connectivity index (χ4n) is 15.3. The van der Waals surface area contributed by atoms with Gasteiger partial charge in [-0.3, -0.25) is 0 Å². The number of hydrogen-bond acceptors (Lipinski definition) is 6. The summed E-state index contributed by atoms with van der Waals surface area (Å²) in [5.74, 6) is 0. The molecule has 0 saturated heterocycles. The summed E-state index contributed by atoms with van der Waals surface area (Å²) in [5, 5.41) is 13.0. The van der Waals surface area contributed by atoms with E-state index in [1.807, 2.05) is 18.2 Å². The van der Waals surface area contributed by atoms with Crippen molar-refractivity contribution in [3.05, 3.63) is 340 Å². The molecule has 20 aromatic rings. The normalized spacial score (nSPS) is 11.9. The van der Waals surface area contributed by atoms with Gasteiger partial charge in [0.25, 0.3) is 0 Å². The van der Waals surface area contributed by atoms with Crippen molar-refractivity contribution in [2.75, 3.05) is 9.80 Å². The molecule has 0 aliphatic rings. The molecule has 6 nitrogen and oxygen atoms in total. The number of hydrogen-bond donors (Lipinski definition) is 0. The lowest BCUT2D eigenvalue weighted by Crippen LogP contribution is -2.11. The van der Waals surface area contributed by atoms with E-state index in [9.17, 15) is 0 Å². The molecule has 16 aromatic carbocycles. The smallest absolute Gasteiger partial charge is 0.136 e. The Hall–Kier alpha value is -13.2. The van der Waals surface area contributed by atoms with E-state index in [0.717, 1.165) is 188 Å². The minimum Gasteiger partial charge on any atom is -0.456 e. The zero-order valence-electron chi connectivity index (χ0n) is 52.9. The molecule has 0 aliphatic carbocycles. The summed E-state index contributed by atoms with van der Waals surface area (Å²) in [6.45, 7) is 0. The summed E-state index contributed by atoms with van der Waals surface area (Å²) in [6, 6.07) is 121. The number of para-hydroxylation sites is 3. The highest BCUT2D eigenvalue weighted by Gasteiger charge is 2.25. The molecule has 4 heterocycles. The van der Waals surface area contributed by atoms with Crippen LogP contribution in [-0.4, -0.2) is 0 Å². The van der Waals surface area contributed by atoms with Gasteiger partial charge in [0.15, 0.2) is 0 Å². The monoisotopic (exact) mass is 1250 g/mol. The van der Waals surface area contributed by atoms with Gasteiger partial charge < -0.3 is 27.5 Å². The molecular formula is C92H56N2O4. The standard InChI is InChI=1S/C92H56N2O4/c1-4-17-57(18-5-1)59-35-39-65(40-36-59)93(68-43-48-82-77(54-68)89-72-46-50-84-88(71(72)45-51-85(89)97-82)73-26-11-14-29-80(73)95-84)67-24-16-23-64(53-67)61-31-33-63(34-32-61)76-56-87-90(75-47-52-86-92(91(75)76)74-27-12-15-30-81(74)96-86)78-55-69(44-49-83(78)98-87)94(66-41-37-60(38-42-66)58-19-6-2-7-20-58)79-28-13-10-25-70(79)62-21-8-3-9-22-62/h1-56H. The van der Waals surface area contributed by atoms with Gasteiger partial charge in [-0.15, -0.1) is 0 Å². The molecule has 0 aliphatic heterocycles. The van der Waals surface area contributed by atoms with Gasteiger partial charge in [0, 0.05) is 82.5 Å². The van der Waals surface area contributed by atoms with Crippen molar-refractivity contribution in [3.63, 3.8) is 0 Å². The van der Waals surface area contributed by atoms with Gasteiger partial charge in [0.1, 0.15) is 44.7 Å². The maximum Gasteiger partial charge on any atom is 0.136 e. The second kappa shape index (κ2) is 22.2. The topological polar surface area (TPSA) is 59.0 Å². The molecule has 0 bridgehead atoms. The van der Waals surface area contributed by atoms with Gasteiger partial charge >= 0.3 is 0 Å². The Morgan fingerprint density at radius 3 is 1.15 bits per heavy atom. The Bertz CT molecular complexity index is 6520. The molecule has 0 atom stereocenters. The quantitative estimate of drug-likeness (QED) is 0.129. The van der Waals surface area contributed by atoms with Crippen LogP contribution in [0.4, 0.5) is 34.1 Å². The zero-order valence-corrected chi connectivity index (χ0v) is 52.9. The van der Waals surface area contributed by atoms with E-state index in [1.165, 1.54) is 11.1 Å². The van der Waals surface area contributed by atoms with Crippen molar-refractivity contribution >= 4 is 143 Å². The van der Waals surface area contributed by atoms with E-state index >= 15 is 0 Å². The first kappa shape index (κ1) is 55.3. The molecule has 0 saturated carbocycles. The van der Waals surface area contributed by atoms with Gasteiger partial charge in [0.2, 0.25) is 0 Å². The van der Waals surface area contributed by atoms with Gasteiger partial charge in [-0.2, -0.15) is 0 Å². The van der Waals surface area contributed by atoms with E-state index in [4.69, 9.17) is 17.7 Å². The van der Waals surface area contributed by atoms with Crippen LogP contribution < -0.4 is 9.80 Å². The third kappa shape index (κ3) is 8.96. The van der Waals surface area contributed by atoms with Crippen molar-refractivity contribution in [1.82, 2.24) is 0 Å². The number of benzene rings is 16. The molecule has 0 amide bonds. The van der Waals surface area contributed by atoms with E-state index in [2.05, 4.69) is 331 Å². The lowest BCUT2D eigenvalue weighted by Gasteiger charge is -2.28. The van der Waals surface area contributed by atoms with Crippen molar-refractivity contribution in [2.24, 2.45) is 0 Å². The summed E-state index contributed by atoms with van der Waals surface area (Å²) in [5.41, 5.74) is 24.1. The molecule has 0 radical (unpaired) electrons. The van der Waals surface area contributed by atoms with Crippen LogP contribution in [0.15, 0.2) is 357 Å². The zero-order chi connectivity index (χ0) is 64.4. The fraction of sp³-hybridized carbons (Fsp3) is 0. The number of nitrogens with zero attached hydrogens (tertiary/aromatic N) is 2. The van der Waals surface area contributed by atoms with Crippen LogP contribution >= 0.6 is 0 Å².